The first kappa shape index (κ1) is 24.1. The molecule has 0 spiro atoms. The van der Waals surface area contributed by atoms with E-state index in [4.69, 9.17) is 9.72 Å². The van der Waals surface area contributed by atoms with Crippen molar-refractivity contribution >= 4 is 17.3 Å². The molecule has 1 heterocycles. The minimum Gasteiger partial charge on any atom is -0.545 e. The first-order valence-electron chi connectivity index (χ1n) is 13.1. The molecule has 4 nitrogen and oxygen atoms in total. The van der Waals surface area contributed by atoms with Gasteiger partial charge in [0, 0.05) is 16.9 Å². The van der Waals surface area contributed by atoms with Crippen molar-refractivity contribution < 1.29 is 14.6 Å². The number of nitrogens with zero attached hydrogens (tertiary/aromatic N) is 1. The normalized spacial score (nSPS) is 21.6. The van der Waals surface area contributed by atoms with Gasteiger partial charge in [-0.2, -0.15) is 0 Å². The Hall–Kier alpha value is -2.66. The highest BCUT2D eigenvalue weighted by Gasteiger charge is 2.29. The topological polar surface area (TPSA) is 62.2 Å². The lowest BCUT2D eigenvalue weighted by Crippen LogP contribution is -2.22. The predicted octanol–water partition coefficient (Wildman–Crippen LogP) is 6.65. The van der Waals surface area contributed by atoms with E-state index in [1.54, 1.807) is 23.5 Å². The minimum atomic E-state index is -1.13. The van der Waals surface area contributed by atoms with E-state index in [0.717, 1.165) is 47.8 Å². The van der Waals surface area contributed by atoms with E-state index in [1.165, 1.54) is 43.5 Å². The highest BCUT2D eigenvalue weighted by Crippen LogP contribution is 2.41. The van der Waals surface area contributed by atoms with Crippen LogP contribution in [0, 0.1) is 11.8 Å². The SMILES string of the molecule is CC1CCC(Oc2ccc(-c3csc(C(Cc4ccc(C(=O)[O-])cc4)C4CCCC4)n3)cc2)CC1. The van der Waals surface area contributed by atoms with Gasteiger partial charge in [0.2, 0.25) is 0 Å². The Morgan fingerprint density at radius 3 is 2.34 bits per heavy atom. The molecule has 0 bridgehead atoms. The van der Waals surface area contributed by atoms with Gasteiger partial charge in [0.15, 0.2) is 0 Å². The summed E-state index contributed by atoms with van der Waals surface area (Å²) in [5.41, 5.74) is 3.54. The van der Waals surface area contributed by atoms with Crippen LogP contribution in [0.25, 0.3) is 11.3 Å². The fourth-order valence-corrected chi connectivity index (χ4v) is 6.70. The number of rotatable bonds is 8. The van der Waals surface area contributed by atoms with Crippen molar-refractivity contribution in [3.8, 4) is 17.0 Å². The van der Waals surface area contributed by atoms with Gasteiger partial charge in [0.1, 0.15) is 5.75 Å². The summed E-state index contributed by atoms with van der Waals surface area (Å²) in [4.78, 5) is 16.2. The summed E-state index contributed by atoms with van der Waals surface area (Å²) in [5.74, 6) is 1.64. The fourth-order valence-electron chi connectivity index (χ4n) is 5.68. The van der Waals surface area contributed by atoms with Gasteiger partial charge in [-0.05, 0) is 92.2 Å². The molecule has 35 heavy (non-hydrogen) atoms. The molecule has 1 atom stereocenters. The zero-order chi connectivity index (χ0) is 24.2. The van der Waals surface area contributed by atoms with Gasteiger partial charge in [0.25, 0.3) is 0 Å². The van der Waals surface area contributed by atoms with Gasteiger partial charge in [-0.3, -0.25) is 0 Å². The molecule has 2 aromatic carbocycles. The lowest BCUT2D eigenvalue weighted by molar-refractivity contribution is -0.255. The number of thiazole rings is 1. The molecular weight excluding hydrogens is 454 g/mol. The second kappa shape index (κ2) is 10.9. The summed E-state index contributed by atoms with van der Waals surface area (Å²) in [6.07, 6.45) is 11.1. The summed E-state index contributed by atoms with van der Waals surface area (Å²) in [5, 5.41) is 14.5. The number of benzene rings is 2. The van der Waals surface area contributed by atoms with Gasteiger partial charge in [-0.15, -0.1) is 11.3 Å². The third-order valence-electron chi connectivity index (χ3n) is 7.87. The number of carboxylic acid groups (broad SMARTS) is 1. The summed E-state index contributed by atoms with van der Waals surface area (Å²) >= 11 is 1.75. The summed E-state index contributed by atoms with van der Waals surface area (Å²) in [7, 11) is 0. The molecule has 5 rings (SSSR count). The Balaban J connectivity index is 1.29. The largest absolute Gasteiger partial charge is 0.545 e. The van der Waals surface area contributed by atoms with Crippen LogP contribution in [0.5, 0.6) is 5.75 Å². The van der Waals surface area contributed by atoms with E-state index in [9.17, 15) is 9.90 Å². The average Bonchev–Trinajstić information content (AvgIpc) is 3.58. The van der Waals surface area contributed by atoms with Crippen molar-refractivity contribution in [1.82, 2.24) is 4.98 Å². The third kappa shape index (κ3) is 5.95. The highest BCUT2D eigenvalue weighted by atomic mass is 32.1. The number of ether oxygens (including phenoxy) is 1. The number of hydrogen-bond acceptors (Lipinski definition) is 5. The molecule has 2 aliphatic carbocycles. The lowest BCUT2D eigenvalue weighted by atomic mass is 9.86. The molecule has 2 saturated carbocycles. The van der Waals surface area contributed by atoms with Crippen LogP contribution < -0.4 is 9.84 Å². The van der Waals surface area contributed by atoms with Crippen molar-refractivity contribution in [3.05, 3.63) is 70.0 Å². The third-order valence-corrected chi connectivity index (χ3v) is 8.85. The van der Waals surface area contributed by atoms with Gasteiger partial charge in [0.05, 0.1) is 22.8 Å². The second-order valence-corrected chi connectivity index (χ2v) is 11.3. The Bertz CT molecular complexity index is 1110. The first-order chi connectivity index (χ1) is 17.0. The highest BCUT2D eigenvalue weighted by molar-refractivity contribution is 7.10. The van der Waals surface area contributed by atoms with E-state index in [-0.39, 0.29) is 5.56 Å². The predicted molar refractivity (Wildman–Crippen MR) is 139 cm³/mol. The van der Waals surface area contributed by atoms with Crippen LogP contribution in [0.3, 0.4) is 0 Å². The fraction of sp³-hybridized carbons (Fsp3) is 0.467. The lowest BCUT2D eigenvalue weighted by Gasteiger charge is -2.26. The molecule has 0 aliphatic heterocycles. The van der Waals surface area contributed by atoms with Crippen molar-refractivity contribution in [2.24, 2.45) is 11.8 Å². The van der Waals surface area contributed by atoms with E-state index in [1.807, 2.05) is 12.1 Å². The molecule has 2 fully saturated rings. The van der Waals surface area contributed by atoms with Gasteiger partial charge in [-0.1, -0.05) is 44.0 Å². The van der Waals surface area contributed by atoms with E-state index >= 15 is 0 Å². The number of aromatic carboxylic acids is 1. The number of carboxylic acids is 1. The van der Waals surface area contributed by atoms with Crippen LogP contribution in [0.1, 0.15) is 85.1 Å². The second-order valence-electron chi connectivity index (χ2n) is 10.4. The van der Waals surface area contributed by atoms with Crippen molar-refractivity contribution in [3.63, 3.8) is 0 Å². The Labute approximate surface area is 212 Å². The van der Waals surface area contributed by atoms with Crippen LogP contribution in [0.15, 0.2) is 53.9 Å². The zero-order valence-corrected chi connectivity index (χ0v) is 21.3. The van der Waals surface area contributed by atoms with Crippen molar-refractivity contribution in [2.75, 3.05) is 0 Å². The number of hydrogen-bond donors (Lipinski definition) is 0. The molecular formula is C30H34NO3S-. The summed E-state index contributed by atoms with van der Waals surface area (Å²) in [6, 6.07) is 15.6. The number of aromatic nitrogens is 1. The Kier molecular flexibility index (Phi) is 7.52. The zero-order valence-electron chi connectivity index (χ0n) is 20.4. The average molecular weight is 489 g/mol. The van der Waals surface area contributed by atoms with Gasteiger partial charge >= 0.3 is 0 Å². The maximum Gasteiger partial charge on any atom is 0.119 e. The number of carbonyl (C=O) groups excluding carboxylic acids is 1. The molecule has 0 radical (unpaired) electrons. The molecule has 184 valence electrons. The van der Waals surface area contributed by atoms with Gasteiger partial charge in [-0.25, -0.2) is 4.98 Å². The monoisotopic (exact) mass is 488 g/mol. The quantitative estimate of drug-likeness (QED) is 0.356. The van der Waals surface area contributed by atoms with Crippen LogP contribution in [0.2, 0.25) is 0 Å². The molecule has 0 saturated heterocycles. The van der Waals surface area contributed by atoms with Crippen LogP contribution in [-0.2, 0) is 6.42 Å². The molecule has 1 unspecified atom stereocenters. The standard InChI is InChI=1S/C30H35NO3S/c1-20-6-14-25(15-7-20)34-26-16-12-23(13-17-26)28-19-35-29(31-28)27(22-4-2-3-5-22)18-21-8-10-24(11-9-21)30(32)33/h8-13,16-17,19-20,22,25,27H,2-7,14-15,18H2,1H3,(H,32,33)/p-1. The molecule has 0 amide bonds. The molecule has 0 N–H and O–H groups in total. The smallest absolute Gasteiger partial charge is 0.119 e. The van der Waals surface area contributed by atoms with Crippen LogP contribution in [-0.4, -0.2) is 17.1 Å². The first-order valence-corrected chi connectivity index (χ1v) is 14.0. The van der Waals surface area contributed by atoms with E-state index in [0.29, 0.717) is 17.9 Å². The van der Waals surface area contributed by atoms with E-state index in [2.05, 4.69) is 36.6 Å². The van der Waals surface area contributed by atoms with Crippen LogP contribution in [0.4, 0.5) is 0 Å². The minimum absolute atomic E-state index is 0.230. The Morgan fingerprint density at radius 2 is 1.69 bits per heavy atom. The van der Waals surface area contributed by atoms with E-state index < -0.39 is 5.97 Å². The molecule has 3 aromatic rings. The molecule has 1 aromatic heterocycles. The maximum absolute atomic E-state index is 11.1. The summed E-state index contributed by atoms with van der Waals surface area (Å²) in [6.45, 7) is 2.33. The molecule has 2 aliphatic rings. The van der Waals surface area contributed by atoms with Crippen LogP contribution >= 0.6 is 11.3 Å². The number of carbonyl (C=O) groups is 1. The van der Waals surface area contributed by atoms with Gasteiger partial charge < -0.3 is 14.6 Å². The van der Waals surface area contributed by atoms with Crippen molar-refractivity contribution in [2.45, 2.75) is 76.7 Å². The maximum atomic E-state index is 11.1. The summed E-state index contributed by atoms with van der Waals surface area (Å²) < 4.78 is 6.24. The van der Waals surface area contributed by atoms with Crippen molar-refractivity contribution in [1.29, 1.82) is 0 Å². The molecule has 5 heteroatoms. The Morgan fingerprint density at radius 1 is 1.00 bits per heavy atom.